The van der Waals surface area contributed by atoms with Crippen molar-refractivity contribution >= 4 is 46.2 Å². The molecule has 0 unspecified atom stereocenters. The van der Waals surface area contributed by atoms with Gasteiger partial charge in [-0.05, 0) is 36.1 Å². The number of aromatic nitrogens is 1. The number of carbonyl (C=O) groups excluding carboxylic acids is 2. The predicted octanol–water partition coefficient (Wildman–Crippen LogP) is 4.56. The van der Waals surface area contributed by atoms with E-state index in [0.29, 0.717) is 5.02 Å². The molecule has 3 aromatic rings. The Morgan fingerprint density at radius 3 is 2.69 bits per heavy atom. The molecule has 0 radical (unpaired) electrons. The number of carbonyl (C=O) groups is 2. The third-order valence-corrected chi connectivity index (χ3v) is 5.66. The Morgan fingerprint density at radius 2 is 2.00 bits per heavy atom. The Balaban J connectivity index is 1.51. The van der Waals surface area contributed by atoms with Gasteiger partial charge in [0.25, 0.3) is 5.91 Å². The summed E-state index contributed by atoms with van der Waals surface area (Å²) in [7, 11) is 0. The number of thiazole rings is 1. The zero-order chi connectivity index (χ0) is 18.5. The molecule has 0 aliphatic heterocycles. The highest BCUT2D eigenvalue weighted by Crippen LogP contribution is 2.27. The first-order valence-electron chi connectivity index (χ1n) is 7.74. The average Bonchev–Trinajstić information content (AvgIpc) is 3.31. The van der Waals surface area contributed by atoms with Gasteiger partial charge < -0.3 is 10.1 Å². The Hall–Kier alpha value is -2.22. The number of hydrogen-bond acceptors (Lipinski definition) is 6. The first-order valence-corrected chi connectivity index (χ1v) is 9.88. The molecule has 26 heavy (non-hydrogen) atoms. The van der Waals surface area contributed by atoms with Gasteiger partial charge in [0.05, 0.1) is 10.9 Å². The average molecular weight is 407 g/mol. The number of rotatable bonds is 6. The van der Waals surface area contributed by atoms with Gasteiger partial charge in [-0.2, -0.15) is 0 Å². The van der Waals surface area contributed by atoms with Gasteiger partial charge in [-0.1, -0.05) is 29.8 Å². The van der Waals surface area contributed by atoms with E-state index >= 15 is 0 Å². The van der Waals surface area contributed by atoms with Crippen LogP contribution in [0.4, 0.5) is 0 Å². The lowest BCUT2D eigenvalue weighted by molar-refractivity contribution is -0.124. The lowest BCUT2D eigenvalue weighted by atomic mass is 10.1. The monoisotopic (exact) mass is 406 g/mol. The highest BCUT2D eigenvalue weighted by atomic mass is 35.5. The second-order valence-corrected chi connectivity index (χ2v) is 7.67. The van der Waals surface area contributed by atoms with Crippen molar-refractivity contribution in [3.8, 4) is 9.88 Å². The normalized spacial score (nSPS) is 11.8. The number of ether oxygens (including phenoxy) is 1. The molecule has 0 saturated heterocycles. The van der Waals surface area contributed by atoms with E-state index in [1.54, 1.807) is 28.8 Å². The summed E-state index contributed by atoms with van der Waals surface area (Å²) in [6, 6.07) is 10.8. The van der Waals surface area contributed by atoms with Crippen molar-refractivity contribution in [2.75, 3.05) is 6.61 Å². The molecule has 2 heterocycles. The van der Waals surface area contributed by atoms with Gasteiger partial charge in [0.1, 0.15) is 5.01 Å². The van der Waals surface area contributed by atoms with Gasteiger partial charge in [0.2, 0.25) is 0 Å². The highest BCUT2D eigenvalue weighted by molar-refractivity contribution is 7.20. The number of thiophene rings is 1. The van der Waals surface area contributed by atoms with Crippen molar-refractivity contribution in [3.63, 3.8) is 0 Å². The minimum Gasteiger partial charge on any atom is -0.451 e. The fourth-order valence-corrected chi connectivity index (χ4v) is 3.93. The van der Waals surface area contributed by atoms with Crippen LogP contribution in [0.2, 0.25) is 5.02 Å². The summed E-state index contributed by atoms with van der Waals surface area (Å²) in [6.45, 7) is 1.49. The summed E-state index contributed by atoms with van der Waals surface area (Å²) >= 11 is 8.76. The maximum atomic E-state index is 12.1. The Morgan fingerprint density at radius 1 is 1.23 bits per heavy atom. The maximum Gasteiger partial charge on any atom is 0.358 e. The molecular weight excluding hydrogens is 392 g/mol. The minimum absolute atomic E-state index is 0.206. The SMILES string of the molecule is C[C@H](NC(=O)COC(=O)c1csc(-c2cccs2)n1)c1ccc(Cl)cc1. The third-order valence-electron chi connectivity index (χ3n) is 3.53. The summed E-state index contributed by atoms with van der Waals surface area (Å²) < 4.78 is 5.05. The molecule has 134 valence electrons. The first kappa shape index (κ1) is 18.6. The van der Waals surface area contributed by atoms with Crippen LogP contribution in [0.1, 0.15) is 29.0 Å². The van der Waals surface area contributed by atoms with Crippen LogP contribution < -0.4 is 5.32 Å². The lowest BCUT2D eigenvalue weighted by Gasteiger charge is -2.14. The fourth-order valence-electron chi connectivity index (χ4n) is 2.20. The summed E-state index contributed by atoms with van der Waals surface area (Å²) in [4.78, 5) is 29.3. The molecule has 0 spiro atoms. The quantitative estimate of drug-likeness (QED) is 0.609. The highest BCUT2D eigenvalue weighted by Gasteiger charge is 2.16. The Labute approximate surface area is 163 Å². The van der Waals surface area contributed by atoms with Crippen LogP contribution in [0.3, 0.4) is 0 Å². The number of nitrogens with zero attached hydrogens (tertiary/aromatic N) is 1. The van der Waals surface area contributed by atoms with Crippen LogP contribution in [0.25, 0.3) is 9.88 Å². The maximum absolute atomic E-state index is 12.1. The molecule has 1 aromatic carbocycles. The summed E-state index contributed by atoms with van der Waals surface area (Å²) in [6.07, 6.45) is 0. The van der Waals surface area contributed by atoms with Gasteiger partial charge >= 0.3 is 5.97 Å². The van der Waals surface area contributed by atoms with Crippen LogP contribution in [0.5, 0.6) is 0 Å². The summed E-state index contributed by atoms with van der Waals surface area (Å²) in [5.74, 6) is -0.993. The van der Waals surface area contributed by atoms with Crippen LogP contribution >= 0.6 is 34.3 Å². The van der Waals surface area contributed by atoms with E-state index in [4.69, 9.17) is 16.3 Å². The van der Waals surface area contributed by atoms with E-state index < -0.39 is 5.97 Å². The number of amides is 1. The van der Waals surface area contributed by atoms with E-state index in [1.807, 2.05) is 36.6 Å². The van der Waals surface area contributed by atoms with Gasteiger partial charge in [-0.3, -0.25) is 4.79 Å². The van der Waals surface area contributed by atoms with Gasteiger partial charge in [-0.15, -0.1) is 22.7 Å². The van der Waals surface area contributed by atoms with Crippen LogP contribution in [-0.4, -0.2) is 23.5 Å². The number of halogens is 1. The van der Waals surface area contributed by atoms with E-state index in [9.17, 15) is 9.59 Å². The molecule has 2 aromatic heterocycles. The Kier molecular flexibility index (Phi) is 6.03. The molecule has 0 saturated carbocycles. The molecular formula is C18H15ClN2O3S2. The standard InChI is InChI=1S/C18H15ClN2O3S2/c1-11(12-4-6-13(19)7-5-12)20-16(22)9-24-18(23)14-10-26-17(21-14)15-3-2-8-25-15/h2-8,10-11H,9H2,1H3,(H,20,22)/t11-/m0/s1. The lowest BCUT2D eigenvalue weighted by Crippen LogP contribution is -2.31. The molecule has 8 heteroatoms. The van der Waals surface area contributed by atoms with Crippen LogP contribution in [-0.2, 0) is 9.53 Å². The van der Waals surface area contributed by atoms with Gasteiger partial charge in [0.15, 0.2) is 12.3 Å². The topological polar surface area (TPSA) is 68.3 Å². The molecule has 1 N–H and O–H groups in total. The van der Waals surface area contributed by atoms with Crippen molar-refractivity contribution < 1.29 is 14.3 Å². The van der Waals surface area contributed by atoms with Crippen molar-refractivity contribution in [2.24, 2.45) is 0 Å². The van der Waals surface area contributed by atoms with Gasteiger partial charge in [0, 0.05) is 10.4 Å². The molecule has 0 aliphatic carbocycles. The largest absolute Gasteiger partial charge is 0.451 e. The van der Waals surface area contributed by atoms with Crippen LogP contribution in [0, 0.1) is 0 Å². The summed E-state index contributed by atoms with van der Waals surface area (Å²) in [5.41, 5.74) is 1.12. The van der Waals surface area contributed by atoms with E-state index in [2.05, 4.69) is 10.3 Å². The zero-order valence-electron chi connectivity index (χ0n) is 13.8. The van der Waals surface area contributed by atoms with E-state index in [0.717, 1.165) is 15.4 Å². The van der Waals surface area contributed by atoms with Crippen molar-refractivity contribution in [1.29, 1.82) is 0 Å². The van der Waals surface area contributed by atoms with Crippen LogP contribution in [0.15, 0.2) is 47.2 Å². The number of hydrogen-bond donors (Lipinski definition) is 1. The van der Waals surface area contributed by atoms with Gasteiger partial charge in [-0.25, -0.2) is 9.78 Å². The second kappa shape index (κ2) is 8.44. The van der Waals surface area contributed by atoms with Crippen molar-refractivity contribution in [2.45, 2.75) is 13.0 Å². The summed E-state index contributed by atoms with van der Waals surface area (Å²) in [5, 5.41) is 7.74. The zero-order valence-corrected chi connectivity index (χ0v) is 16.2. The molecule has 0 bridgehead atoms. The minimum atomic E-state index is -0.613. The van der Waals surface area contributed by atoms with Crippen molar-refractivity contribution in [3.05, 3.63) is 63.4 Å². The van der Waals surface area contributed by atoms with E-state index in [-0.39, 0.29) is 24.2 Å². The smallest absolute Gasteiger partial charge is 0.358 e. The van der Waals surface area contributed by atoms with Crippen molar-refractivity contribution in [1.82, 2.24) is 10.3 Å². The molecule has 1 amide bonds. The Bertz CT molecular complexity index is 892. The number of esters is 1. The van der Waals surface area contributed by atoms with E-state index in [1.165, 1.54) is 11.3 Å². The first-order chi connectivity index (χ1) is 12.5. The molecule has 0 aliphatic rings. The second-order valence-electron chi connectivity index (χ2n) is 5.43. The molecule has 3 rings (SSSR count). The number of benzene rings is 1. The fraction of sp³-hybridized carbons (Fsp3) is 0.167. The third kappa shape index (κ3) is 4.69. The molecule has 5 nitrogen and oxygen atoms in total. The molecule has 1 atom stereocenters. The predicted molar refractivity (Wildman–Crippen MR) is 104 cm³/mol. The molecule has 0 fully saturated rings. The number of nitrogens with one attached hydrogen (secondary N) is 1.